The average molecular weight is 370 g/mol. The number of piperidine rings is 1. The minimum Gasteiger partial charge on any atom is -0.326 e. The minimum absolute atomic E-state index is 0.0923. The van der Waals surface area contributed by atoms with Crippen LogP contribution in [0.3, 0.4) is 0 Å². The van der Waals surface area contributed by atoms with Gasteiger partial charge in [-0.25, -0.2) is 4.79 Å². The molecule has 0 spiro atoms. The molecule has 0 unspecified atom stereocenters. The van der Waals surface area contributed by atoms with Crippen LogP contribution in [0.2, 0.25) is 0 Å². The number of benzene rings is 1. The van der Waals surface area contributed by atoms with E-state index in [-0.39, 0.29) is 17.5 Å². The van der Waals surface area contributed by atoms with Crippen LogP contribution in [0.25, 0.3) is 11.0 Å². The third kappa shape index (κ3) is 3.15. The van der Waals surface area contributed by atoms with Gasteiger partial charge in [0.05, 0.1) is 15.9 Å². The van der Waals surface area contributed by atoms with Gasteiger partial charge in [0.15, 0.2) is 0 Å². The van der Waals surface area contributed by atoms with Crippen LogP contribution in [-0.4, -0.2) is 39.3 Å². The molecule has 3 N–H and O–H groups in total. The van der Waals surface area contributed by atoms with E-state index in [0.717, 1.165) is 12.8 Å². The van der Waals surface area contributed by atoms with E-state index in [9.17, 15) is 14.4 Å². The van der Waals surface area contributed by atoms with Crippen molar-refractivity contribution in [1.82, 2.24) is 14.9 Å². The van der Waals surface area contributed by atoms with Crippen molar-refractivity contribution in [3.05, 3.63) is 51.1 Å². The lowest BCUT2D eigenvalue weighted by molar-refractivity contribution is -0.121. The molecule has 1 saturated heterocycles. The van der Waals surface area contributed by atoms with Crippen LogP contribution in [-0.2, 0) is 4.79 Å². The molecule has 1 fully saturated rings. The van der Waals surface area contributed by atoms with Gasteiger partial charge in [0, 0.05) is 12.2 Å². The molecule has 3 aromatic rings. The second-order valence-electron chi connectivity index (χ2n) is 6.32. The molecule has 2 aromatic heterocycles. The molecule has 0 aliphatic carbocycles. The number of aromatic amines is 2. The number of nitrogens with zero attached hydrogens (tertiary/aromatic N) is 1. The molecule has 1 atom stereocenters. The standard InChI is InChI=1S/C18H18N4O3S/c23-16(19-11-6-7-12-13(10-11)21-18(25)20-12)14-4-1-2-8-22(14)17(24)15-5-3-9-26-15/h3,5-7,9-10,14H,1-2,4,8H2,(H,19,23)(H2,20,21,25)/t14-/m0/s1. The van der Waals surface area contributed by atoms with E-state index in [4.69, 9.17) is 0 Å². The van der Waals surface area contributed by atoms with Crippen molar-refractivity contribution >= 4 is 39.9 Å². The van der Waals surface area contributed by atoms with E-state index in [1.807, 2.05) is 11.4 Å². The van der Waals surface area contributed by atoms with E-state index in [2.05, 4.69) is 15.3 Å². The van der Waals surface area contributed by atoms with E-state index in [1.165, 1.54) is 11.3 Å². The fraction of sp³-hybridized carbons (Fsp3) is 0.278. The Morgan fingerprint density at radius 1 is 1.15 bits per heavy atom. The number of hydrogen-bond donors (Lipinski definition) is 3. The average Bonchev–Trinajstić information content (AvgIpc) is 3.29. The second kappa shape index (κ2) is 6.80. The molecule has 0 radical (unpaired) electrons. The maximum Gasteiger partial charge on any atom is 0.323 e. The lowest BCUT2D eigenvalue weighted by Crippen LogP contribution is -2.49. The van der Waals surface area contributed by atoms with Crippen molar-refractivity contribution < 1.29 is 9.59 Å². The Morgan fingerprint density at radius 2 is 2.00 bits per heavy atom. The molecule has 26 heavy (non-hydrogen) atoms. The number of thiophene rings is 1. The topological polar surface area (TPSA) is 98.1 Å². The SMILES string of the molecule is O=C(Nc1ccc2[nH]c(=O)[nH]c2c1)[C@@H]1CCCCN1C(=O)c1cccs1. The fourth-order valence-electron chi connectivity index (χ4n) is 3.32. The molecule has 0 saturated carbocycles. The molecule has 3 heterocycles. The van der Waals surface area contributed by atoms with Crippen molar-refractivity contribution in [3.63, 3.8) is 0 Å². The molecule has 7 nitrogen and oxygen atoms in total. The van der Waals surface area contributed by atoms with Crippen LogP contribution < -0.4 is 11.0 Å². The molecule has 0 bridgehead atoms. The van der Waals surface area contributed by atoms with Gasteiger partial charge >= 0.3 is 5.69 Å². The summed E-state index contributed by atoms with van der Waals surface area (Å²) in [5.74, 6) is -0.294. The van der Waals surface area contributed by atoms with Crippen LogP contribution in [0.1, 0.15) is 28.9 Å². The number of H-pyrrole nitrogens is 2. The summed E-state index contributed by atoms with van der Waals surface area (Å²) in [6.07, 6.45) is 2.46. The number of rotatable bonds is 3. The zero-order valence-electron chi connectivity index (χ0n) is 14.0. The summed E-state index contributed by atoms with van der Waals surface area (Å²) in [6.45, 7) is 0.582. The number of hydrogen-bond acceptors (Lipinski definition) is 4. The Bertz CT molecular complexity index is 1010. The highest BCUT2D eigenvalue weighted by Gasteiger charge is 2.33. The Morgan fingerprint density at radius 3 is 2.81 bits per heavy atom. The summed E-state index contributed by atoms with van der Waals surface area (Å²) in [6, 6.07) is 8.31. The smallest absolute Gasteiger partial charge is 0.323 e. The first kappa shape index (κ1) is 16.6. The van der Waals surface area contributed by atoms with Crippen molar-refractivity contribution in [1.29, 1.82) is 0 Å². The zero-order chi connectivity index (χ0) is 18.1. The van der Waals surface area contributed by atoms with Gasteiger partial charge in [-0.3, -0.25) is 9.59 Å². The monoisotopic (exact) mass is 370 g/mol. The van der Waals surface area contributed by atoms with Gasteiger partial charge in [0.2, 0.25) is 5.91 Å². The molecule has 1 aliphatic rings. The number of fused-ring (bicyclic) bond motifs is 1. The Balaban J connectivity index is 1.54. The lowest BCUT2D eigenvalue weighted by Gasteiger charge is -2.34. The minimum atomic E-state index is -0.487. The Kier molecular flexibility index (Phi) is 4.34. The van der Waals surface area contributed by atoms with E-state index in [1.54, 1.807) is 29.2 Å². The number of aromatic nitrogens is 2. The Labute approximate surface area is 153 Å². The number of carbonyl (C=O) groups excluding carboxylic acids is 2. The molecule has 8 heteroatoms. The number of likely N-dealkylation sites (tertiary alicyclic amines) is 1. The van der Waals surface area contributed by atoms with Gasteiger partial charge in [0.1, 0.15) is 6.04 Å². The number of carbonyl (C=O) groups is 2. The molecular formula is C18H18N4O3S. The lowest BCUT2D eigenvalue weighted by atomic mass is 10.0. The van der Waals surface area contributed by atoms with Crippen LogP contribution in [0.5, 0.6) is 0 Å². The third-order valence-electron chi connectivity index (χ3n) is 4.58. The molecule has 1 aromatic carbocycles. The van der Waals surface area contributed by atoms with Crippen LogP contribution in [0.15, 0.2) is 40.5 Å². The quantitative estimate of drug-likeness (QED) is 0.661. The number of amides is 2. The zero-order valence-corrected chi connectivity index (χ0v) is 14.8. The molecule has 4 rings (SSSR count). The molecule has 1 aliphatic heterocycles. The maximum atomic E-state index is 12.8. The molecule has 134 valence electrons. The Hall–Kier alpha value is -2.87. The van der Waals surface area contributed by atoms with E-state index < -0.39 is 6.04 Å². The molecule has 2 amide bonds. The third-order valence-corrected chi connectivity index (χ3v) is 5.44. The summed E-state index contributed by atoms with van der Waals surface area (Å²) in [7, 11) is 0. The van der Waals surface area contributed by atoms with Crippen molar-refractivity contribution in [2.75, 3.05) is 11.9 Å². The number of imidazole rings is 1. The van der Waals surface area contributed by atoms with Crippen LogP contribution in [0.4, 0.5) is 5.69 Å². The van der Waals surface area contributed by atoms with Crippen molar-refractivity contribution in [3.8, 4) is 0 Å². The van der Waals surface area contributed by atoms with Crippen LogP contribution in [0, 0.1) is 0 Å². The summed E-state index contributed by atoms with van der Waals surface area (Å²) in [5, 5.41) is 4.74. The first-order valence-corrected chi connectivity index (χ1v) is 9.37. The fourth-order valence-corrected chi connectivity index (χ4v) is 4.00. The number of anilines is 1. The maximum absolute atomic E-state index is 12.8. The van der Waals surface area contributed by atoms with E-state index in [0.29, 0.717) is 34.6 Å². The van der Waals surface area contributed by atoms with Gasteiger partial charge in [-0.2, -0.15) is 0 Å². The summed E-state index contributed by atoms with van der Waals surface area (Å²) in [5.41, 5.74) is 1.61. The summed E-state index contributed by atoms with van der Waals surface area (Å²) >= 11 is 1.39. The van der Waals surface area contributed by atoms with Gasteiger partial charge in [-0.1, -0.05) is 6.07 Å². The number of nitrogens with one attached hydrogen (secondary N) is 3. The first-order valence-electron chi connectivity index (χ1n) is 8.49. The first-order chi connectivity index (χ1) is 12.6. The van der Waals surface area contributed by atoms with Crippen molar-refractivity contribution in [2.45, 2.75) is 25.3 Å². The summed E-state index contributed by atoms with van der Waals surface area (Å²) < 4.78 is 0. The normalized spacial score (nSPS) is 17.4. The highest BCUT2D eigenvalue weighted by atomic mass is 32.1. The van der Waals surface area contributed by atoms with Crippen molar-refractivity contribution in [2.24, 2.45) is 0 Å². The van der Waals surface area contributed by atoms with Gasteiger partial charge in [0.25, 0.3) is 5.91 Å². The van der Waals surface area contributed by atoms with Gasteiger partial charge in [-0.05, 0) is 48.9 Å². The predicted molar refractivity (Wildman–Crippen MR) is 101 cm³/mol. The largest absolute Gasteiger partial charge is 0.326 e. The second-order valence-corrected chi connectivity index (χ2v) is 7.26. The van der Waals surface area contributed by atoms with Gasteiger partial charge < -0.3 is 20.2 Å². The van der Waals surface area contributed by atoms with E-state index >= 15 is 0 Å². The van der Waals surface area contributed by atoms with Crippen LogP contribution >= 0.6 is 11.3 Å². The molecular weight excluding hydrogens is 352 g/mol. The van der Waals surface area contributed by atoms with Gasteiger partial charge in [-0.15, -0.1) is 11.3 Å². The predicted octanol–water partition coefficient (Wildman–Crippen LogP) is 2.55. The highest BCUT2D eigenvalue weighted by molar-refractivity contribution is 7.12. The summed E-state index contributed by atoms with van der Waals surface area (Å²) in [4.78, 5) is 44.5. The highest BCUT2D eigenvalue weighted by Crippen LogP contribution is 2.23.